The van der Waals surface area contributed by atoms with Gasteiger partial charge < -0.3 is 9.47 Å². The second-order valence-electron chi connectivity index (χ2n) is 7.39. The number of amides is 1. The third-order valence-electron chi connectivity index (χ3n) is 4.78. The third kappa shape index (κ3) is 7.16. The Bertz CT molecular complexity index is 1180. The van der Waals surface area contributed by atoms with Gasteiger partial charge >= 0.3 is 0 Å². The van der Waals surface area contributed by atoms with E-state index in [2.05, 4.69) is 22.4 Å². The Balaban J connectivity index is 1.56. The van der Waals surface area contributed by atoms with Crippen molar-refractivity contribution in [3.63, 3.8) is 0 Å². The lowest BCUT2D eigenvalue weighted by atomic mass is 10.1. The van der Waals surface area contributed by atoms with Crippen molar-refractivity contribution in [2.45, 2.75) is 33.6 Å². The van der Waals surface area contributed by atoms with Gasteiger partial charge in [0.25, 0.3) is 5.91 Å². The van der Waals surface area contributed by atoms with Crippen molar-refractivity contribution >= 4 is 28.5 Å². The fourth-order valence-corrected chi connectivity index (χ4v) is 3.75. The first-order chi connectivity index (χ1) is 16.0. The molecule has 0 unspecified atom stereocenters. The quantitative estimate of drug-likeness (QED) is 0.255. The number of nitriles is 1. The van der Waals surface area contributed by atoms with Crippen molar-refractivity contribution in [3.05, 3.63) is 69.7 Å². The summed E-state index contributed by atoms with van der Waals surface area (Å²) in [5.74, 6) is 0.906. The Hall–Kier alpha value is -3.70. The summed E-state index contributed by atoms with van der Waals surface area (Å²) in [6.45, 7) is 6.92. The van der Waals surface area contributed by atoms with Crippen LogP contribution >= 0.6 is 11.3 Å². The Morgan fingerprint density at radius 3 is 2.55 bits per heavy atom. The lowest BCUT2D eigenvalue weighted by Crippen LogP contribution is -2.13. The predicted molar refractivity (Wildman–Crippen MR) is 129 cm³/mol. The van der Waals surface area contributed by atoms with Gasteiger partial charge in [0.15, 0.2) is 0 Å². The van der Waals surface area contributed by atoms with E-state index >= 15 is 0 Å². The molecule has 3 rings (SSSR count). The van der Waals surface area contributed by atoms with Gasteiger partial charge in [-0.25, -0.2) is 0 Å². The van der Waals surface area contributed by atoms with Gasteiger partial charge in [-0.05, 0) is 67.3 Å². The lowest BCUT2D eigenvalue weighted by molar-refractivity contribution is -0.112. The summed E-state index contributed by atoms with van der Waals surface area (Å²) in [7, 11) is 0. The minimum absolute atomic E-state index is 0.0301. The molecule has 3 aromatic rings. The van der Waals surface area contributed by atoms with E-state index < -0.39 is 5.91 Å². The summed E-state index contributed by atoms with van der Waals surface area (Å²) >= 11 is 1.31. The average molecular weight is 463 g/mol. The van der Waals surface area contributed by atoms with E-state index in [0.717, 1.165) is 23.6 Å². The van der Waals surface area contributed by atoms with Crippen LogP contribution in [-0.2, 0) is 11.2 Å². The van der Waals surface area contributed by atoms with E-state index in [4.69, 9.17) is 9.47 Å². The van der Waals surface area contributed by atoms with Gasteiger partial charge in [-0.15, -0.1) is 10.2 Å². The number of rotatable bonds is 10. The largest absolute Gasteiger partial charge is 0.490 e. The highest BCUT2D eigenvalue weighted by Crippen LogP contribution is 2.20. The van der Waals surface area contributed by atoms with Crippen LogP contribution in [0, 0.1) is 25.2 Å². The number of hydrogen-bond acceptors (Lipinski definition) is 7. The van der Waals surface area contributed by atoms with Crippen LogP contribution in [0.15, 0.2) is 48.0 Å². The van der Waals surface area contributed by atoms with E-state index in [9.17, 15) is 10.1 Å². The van der Waals surface area contributed by atoms with Crippen molar-refractivity contribution < 1.29 is 14.3 Å². The van der Waals surface area contributed by atoms with Crippen LogP contribution < -0.4 is 14.8 Å². The number of aromatic nitrogens is 2. The van der Waals surface area contributed by atoms with Gasteiger partial charge in [0, 0.05) is 6.42 Å². The Morgan fingerprint density at radius 2 is 1.85 bits per heavy atom. The predicted octanol–water partition coefficient (Wildman–Crippen LogP) is 5.11. The van der Waals surface area contributed by atoms with Crippen LogP contribution in [0.4, 0.5) is 5.13 Å². The number of ether oxygens (including phenoxy) is 2. The maximum Gasteiger partial charge on any atom is 0.268 e. The number of hydrogen-bond donors (Lipinski definition) is 1. The molecule has 1 N–H and O–H groups in total. The molecule has 7 nitrogen and oxygen atoms in total. The molecule has 1 aromatic heterocycles. The van der Waals surface area contributed by atoms with E-state index in [1.807, 2.05) is 44.2 Å². The zero-order valence-corrected chi connectivity index (χ0v) is 19.7. The molecule has 170 valence electrons. The summed E-state index contributed by atoms with van der Waals surface area (Å²) in [5.41, 5.74) is 3.05. The fraction of sp³-hybridized carbons (Fsp3) is 0.280. The second-order valence-corrected chi connectivity index (χ2v) is 8.45. The second kappa shape index (κ2) is 11.8. The van der Waals surface area contributed by atoms with Crippen LogP contribution in [0.25, 0.3) is 6.08 Å². The molecular weight excluding hydrogens is 436 g/mol. The third-order valence-corrected chi connectivity index (χ3v) is 5.68. The standard InChI is InChI=1S/C25H26N4O3S/c1-4-6-23-28-29-25(33-23)27-24(30)20(16-26)14-19-7-5-8-21(15-19)31-11-12-32-22-10-9-17(2)18(3)13-22/h5,7-10,13-15H,4,6,11-12H2,1-3H3,(H,27,29,30)/b20-14-. The summed E-state index contributed by atoms with van der Waals surface area (Å²) in [5, 5.41) is 21.3. The molecule has 1 heterocycles. The highest BCUT2D eigenvalue weighted by atomic mass is 32.1. The molecule has 0 aliphatic rings. The van der Waals surface area contributed by atoms with Gasteiger partial charge in [-0.2, -0.15) is 5.26 Å². The monoisotopic (exact) mass is 462 g/mol. The maximum absolute atomic E-state index is 12.5. The molecule has 8 heteroatoms. The minimum Gasteiger partial charge on any atom is -0.490 e. The molecule has 0 spiro atoms. The van der Waals surface area contributed by atoms with Crippen LogP contribution in [0.1, 0.15) is 35.0 Å². The van der Waals surface area contributed by atoms with Crippen molar-refractivity contribution in [3.8, 4) is 17.6 Å². The van der Waals surface area contributed by atoms with E-state index in [1.165, 1.54) is 28.5 Å². The molecular formula is C25H26N4O3S. The SMILES string of the molecule is CCCc1nnc(NC(=O)/C(C#N)=C\c2cccc(OCCOc3ccc(C)c(C)c3)c2)s1. The van der Waals surface area contributed by atoms with Crippen LogP contribution in [0.3, 0.4) is 0 Å². The first kappa shape index (κ1) is 24.0. The fourth-order valence-electron chi connectivity index (χ4n) is 2.92. The summed E-state index contributed by atoms with van der Waals surface area (Å²) in [6, 6.07) is 15.1. The molecule has 0 atom stereocenters. The van der Waals surface area contributed by atoms with Crippen LogP contribution in [0.2, 0.25) is 0 Å². The number of nitrogens with one attached hydrogen (secondary N) is 1. The molecule has 0 bridgehead atoms. The highest BCUT2D eigenvalue weighted by Gasteiger charge is 2.13. The number of carbonyl (C=O) groups is 1. The first-order valence-electron chi connectivity index (χ1n) is 10.7. The lowest BCUT2D eigenvalue weighted by Gasteiger charge is -2.10. The van der Waals surface area contributed by atoms with Crippen LogP contribution in [-0.4, -0.2) is 29.3 Å². The molecule has 0 saturated heterocycles. The molecule has 0 saturated carbocycles. The average Bonchev–Trinajstić information content (AvgIpc) is 3.24. The number of benzene rings is 2. The number of aryl methyl sites for hydroxylation is 3. The zero-order valence-electron chi connectivity index (χ0n) is 18.9. The van der Waals surface area contributed by atoms with Crippen molar-refractivity contribution in [1.29, 1.82) is 5.26 Å². The number of nitrogens with zero attached hydrogens (tertiary/aromatic N) is 3. The highest BCUT2D eigenvalue weighted by molar-refractivity contribution is 7.15. The molecule has 0 radical (unpaired) electrons. The Morgan fingerprint density at radius 1 is 1.09 bits per heavy atom. The van der Waals surface area contributed by atoms with Gasteiger partial charge in [-0.1, -0.05) is 36.5 Å². The smallest absolute Gasteiger partial charge is 0.268 e. The molecule has 0 fully saturated rings. The Kier molecular flexibility index (Phi) is 8.56. The minimum atomic E-state index is -0.523. The van der Waals surface area contributed by atoms with Crippen molar-refractivity contribution in [2.24, 2.45) is 0 Å². The van der Waals surface area contributed by atoms with Gasteiger partial charge in [0.05, 0.1) is 0 Å². The molecule has 1 amide bonds. The van der Waals surface area contributed by atoms with Gasteiger partial charge in [0.1, 0.15) is 41.4 Å². The van der Waals surface area contributed by atoms with E-state index in [-0.39, 0.29) is 5.57 Å². The van der Waals surface area contributed by atoms with Gasteiger partial charge in [-0.3, -0.25) is 10.1 Å². The van der Waals surface area contributed by atoms with Gasteiger partial charge in [0.2, 0.25) is 5.13 Å². The van der Waals surface area contributed by atoms with Crippen LogP contribution in [0.5, 0.6) is 11.5 Å². The van der Waals surface area contributed by atoms with E-state index in [1.54, 1.807) is 18.2 Å². The zero-order chi connectivity index (χ0) is 23.6. The number of anilines is 1. The summed E-state index contributed by atoms with van der Waals surface area (Å²) in [4.78, 5) is 12.5. The molecule has 0 aliphatic carbocycles. The van der Waals surface area contributed by atoms with Crippen molar-refractivity contribution in [1.82, 2.24) is 10.2 Å². The first-order valence-corrected chi connectivity index (χ1v) is 11.5. The Labute approximate surface area is 197 Å². The molecule has 33 heavy (non-hydrogen) atoms. The normalized spacial score (nSPS) is 11.0. The summed E-state index contributed by atoms with van der Waals surface area (Å²) in [6.07, 6.45) is 3.26. The number of carbonyl (C=O) groups excluding carboxylic acids is 1. The molecule has 2 aromatic carbocycles. The molecule has 0 aliphatic heterocycles. The van der Waals surface area contributed by atoms with E-state index in [0.29, 0.717) is 29.7 Å². The topological polar surface area (TPSA) is 97.1 Å². The van der Waals surface area contributed by atoms with Crippen molar-refractivity contribution in [2.75, 3.05) is 18.5 Å². The maximum atomic E-state index is 12.5. The summed E-state index contributed by atoms with van der Waals surface area (Å²) < 4.78 is 11.5.